The quantitative estimate of drug-likeness (QED) is 0.214. The van der Waals surface area contributed by atoms with Crippen LogP contribution in [0.4, 0.5) is 17.1 Å². The Bertz CT molecular complexity index is 2930. The summed E-state index contributed by atoms with van der Waals surface area (Å²) in [5.74, 6) is 0. The summed E-state index contributed by atoms with van der Waals surface area (Å²) in [5, 5.41) is 4.53. The van der Waals surface area contributed by atoms with Crippen molar-refractivity contribution < 1.29 is 21.2 Å². The highest BCUT2D eigenvalue weighted by Crippen LogP contribution is 2.44. The van der Waals surface area contributed by atoms with Gasteiger partial charge in [-0.25, -0.2) is 0 Å². The molecule has 0 spiro atoms. The van der Waals surface area contributed by atoms with Gasteiger partial charge in [-0.3, -0.25) is 0 Å². The molecule has 3 nitrogen and oxygen atoms in total. The van der Waals surface area contributed by atoms with Crippen LogP contribution in [-0.4, -0.2) is 0 Å². The fraction of sp³-hybridized carbons (Fsp3) is 0. The van der Waals surface area contributed by atoms with Gasteiger partial charge in [0.2, 0.25) is 0 Å². The molecule has 0 fully saturated rings. The third kappa shape index (κ3) is 3.68. The predicted molar refractivity (Wildman–Crippen MR) is 179 cm³/mol. The second-order valence-corrected chi connectivity index (χ2v) is 10.2. The van der Waals surface area contributed by atoms with Crippen molar-refractivity contribution in [1.82, 2.24) is 0 Å². The molecule has 0 saturated carbocycles. The summed E-state index contributed by atoms with van der Waals surface area (Å²) >= 11 is 0. The van der Waals surface area contributed by atoms with E-state index in [-0.39, 0.29) is 22.6 Å². The van der Waals surface area contributed by atoms with Crippen molar-refractivity contribution in [3.8, 4) is 11.1 Å². The topological polar surface area (TPSA) is 29.5 Å². The standard InChI is InChI=1S/C40H25NO2/c1-2-11-28(12-3-1)41(35-17-9-19-37-38(35)34-25-22-26-10-4-5-13-30(26)40(34)43-37)29-23-20-27(21-24-29)31-15-8-16-33-32-14-6-7-18-36(32)42-39(31)33/h1-25H/i1D,2D,3D,11D,12D,20D,21D,23D,24D. The molecule has 0 aliphatic rings. The Labute approximate surface area is 260 Å². The van der Waals surface area contributed by atoms with E-state index in [0.29, 0.717) is 38.7 Å². The Morgan fingerprint density at radius 2 is 1.19 bits per heavy atom. The van der Waals surface area contributed by atoms with Gasteiger partial charge in [-0.1, -0.05) is 103 Å². The zero-order chi connectivity index (χ0) is 36.2. The number of fused-ring (bicyclic) bond motifs is 8. The molecule has 202 valence electrons. The third-order valence-electron chi connectivity index (χ3n) is 7.83. The summed E-state index contributed by atoms with van der Waals surface area (Å²) in [7, 11) is 0. The number of para-hydroxylation sites is 3. The van der Waals surface area contributed by atoms with E-state index in [1.165, 1.54) is 4.90 Å². The van der Waals surface area contributed by atoms with Crippen LogP contribution in [0.25, 0.3) is 65.8 Å². The van der Waals surface area contributed by atoms with Gasteiger partial charge in [0.15, 0.2) is 0 Å². The average Bonchev–Trinajstić information content (AvgIpc) is 3.75. The normalized spacial score (nSPS) is 14.7. The van der Waals surface area contributed by atoms with Crippen LogP contribution in [0.1, 0.15) is 12.3 Å². The summed E-state index contributed by atoms with van der Waals surface area (Å²) in [6.07, 6.45) is 0. The third-order valence-corrected chi connectivity index (χ3v) is 7.83. The molecule has 0 saturated heterocycles. The fourth-order valence-corrected chi connectivity index (χ4v) is 5.93. The maximum Gasteiger partial charge on any atom is 0.143 e. The van der Waals surface area contributed by atoms with Gasteiger partial charge in [0, 0.05) is 38.5 Å². The van der Waals surface area contributed by atoms with E-state index in [9.17, 15) is 5.48 Å². The molecule has 2 aromatic heterocycles. The van der Waals surface area contributed by atoms with E-state index >= 15 is 0 Å². The van der Waals surface area contributed by atoms with Crippen molar-refractivity contribution in [3.63, 3.8) is 0 Å². The Morgan fingerprint density at radius 3 is 2.07 bits per heavy atom. The highest BCUT2D eigenvalue weighted by molar-refractivity contribution is 6.19. The number of hydrogen-bond acceptors (Lipinski definition) is 3. The first-order chi connectivity index (χ1) is 25.1. The Kier molecular flexibility index (Phi) is 3.61. The van der Waals surface area contributed by atoms with Crippen LogP contribution in [0, 0.1) is 0 Å². The second-order valence-electron chi connectivity index (χ2n) is 10.2. The van der Waals surface area contributed by atoms with Crippen LogP contribution >= 0.6 is 0 Å². The van der Waals surface area contributed by atoms with E-state index in [1.807, 2.05) is 66.7 Å². The maximum atomic E-state index is 9.46. The van der Waals surface area contributed by atoms with Gasteiger partial charge < -0.3 is 13.7 Å². The predicted octanol–water partition coefficient (Wildman–Crippen LogP) is 11.8. The van der Waals surface area contributed by atoms with Crippen molar-refractivity contribution in [2.24, 2.45) is 0 Å². The van der Waals surface area contributed by atoms with E-state index in [2.05, 4.69) is 0 Å². The molecule has 9 rings (SSSR count). The molecule has 0 unspecified atom stereocenters. The van der Waals surface area contributed by atoms with Gasteiger partial charge >= 0.3 is 0 Å². The molecule has 0 radical (unpaired) electrons. The van der Waals surface area contributed by atoms with E-state index in [4.69, 9.17) is 15.7 Å². The lowest BCUT2D eigenvalue weighted by atomic mass is 10.0. The molecule has 0 bridgehead atoms. The fourth-order valence-electron chi connectivity index (χ4n) is 5.93. The zero-order valence-corrected chi connectivity index (χ0v) is 22.5. The van der Waals surface area contributed by atoms with Gasteiger partial charge in [-0.2, -0.15) is 0 Å². The molecule has 3 heteroatoms. The van der Waals surface area contributed by atoms with Gasteiger partial charge in [0.1, 0.15) is 22.3 Å². The molecular weight excluding hydrogens is 526 g/mol. The van der Waals surface area contributed by atoms with Gasteiger partial charge in [0.25, 0.3) is 0 Å². The smallest absolute Gasteiger partial charge is 0.143 e. The minimum absolute atomic E-state index is 0.00264. The minimum Gasteiger partial charge on any atom is -0.455 e. The number of anilines is 3. The molecule has 0 aliphatic carbocycles. The lowest BCUT2D eigenvalue weighted by Gasteiger charge is -2.26. The van der Waals surface area contributed by atoms with Crippen LogP contribution in [0.2, 0.25) is 0 Å². The van der Waals surface area contributed by atoms with Crippen LogP contribution in [0.5, 0.6) is 0 Å². The van der Waals surface area contributed by atoms with Gasteiger partial charge in [0.05, 0.1) is 23.4 Å². The van der Waals surface area contributed by atoms with Crippen molar-refractivity contribution in [1.29, 1.82) is 0 Å². The van der Waals surface area contributed by atoms with Crippen molar-refractivity contribution >= 4 is 71.7 Å². The Hall–Kier alpha value is -5.80. The Morgan fingerprint density at radius 1 is 0.488 bits per heavy atom. The molecule has 0 N–H and O–H groups in total. The SMILES string of the molecule is [2H]c1c([2H])c([2H])c(N(c2c([2H])c([2H])c(-c3cccc4c3oc3ccccc34)c([2H])c2[2H])c2cccc3oc4c5ccccc5ccc4c23)c([2H])c1[2H]. The van der Waals surface area contributed by atoms with Crippen LogP contribution in [0.3, 0.4) is 0 Å². The van der Waals surface area contributed by atoms with Gasteiger partial charge in [-0.05, 0) is 59.4 Å². The number of rotatable bonds is 4. The number of nitrogens with zero attached hydrogens (tertiary/aromatic N) is 1. The molecule has 43 heavy (non-hydrogen) atoms. The molecule has 7 aromatic carbocycles. The van der Waals surface area contributed by atoms with Crippen LogP contribution in [0.15, 0.2) is 160 Å². The van der Waals surface area contributed by atoms with Crippen molar-refractivity contribution in [2.75, 3.05) is 4.90 Å². The molecule has 0 amide bonds. The lowest BCUT2D eigenvalue weighted by Crippen LogP contribution is -2.10. The van der Waals surface area contributed by atoms with E-state index in [1.54, 1.807) is 30.3 Å². The first-order valence-electron chi connectivity index (χ1n) is 18.3. The summed E-state index contributed by atoms with van der Waals surface area (Å²) in [4.78, 5) is 1.25. The van der Waals surface area contributed by atoms with Crippen LogP contribution in [-0.2, 0) is 0 Å². The van der Waals surface area contributed by atoms with Crippen molar-refractivity contribution in [2.45, 2.75) is 0 Å². The first kappa shape index (κ1) is 16.6. The summed E-state index contributed by atoms with van der Waals surface area (Å²) in [6, 6.07) is 24.6. The zero-order valence-electron chi connectivity index (χ0n) is 31.5. The summed E-state index contributed by atoms with van der Waals surface area (Å²) in [6.45, 7) is 0. The molecule has 0 aliphatic heterocycles. The van der Waals surface area contributed by atoms with E-state index in [0.717, 1.165) is 21.5 Å². The first-order valence-corrected chi connectivity index (χ1v) is 13.8. The highest BCUT2D eigenvalue weighted by atomic mass is 16.3. The lowest BCUT2D eigenvalue weighted by molar-refractivity contribution is 0.670. The number of furan rings is 2. The van der Waals surface area contributed by atoms with Crippen LogP contribution < -0.4 is 4.90 Å². The largest absolute Gasteiger partial charge is 0.455 e. The summed E-state index contributed by atoms with van der Waals surface area (Å²) in [5.41, 5.74) is 1.99. The number of hydrogen-bond donors (Lipinski definition) is 0. The average molecular weight is 561 g/mol. The van der Waals surface area contributed by atoms with Gasteiger partial charge in [-0.15, -0.1) is 0 Å². The Balaban J connectivity index is 1.39. The minimum atomic E-state index is -0.611. The maximum absolute atomic E-state index is 9.46. The molecule has 9 aromatic rings. The number of benzene rings is 7. The van der Waals surface area contributed by atoms with E-state index < -0.39 is 54.4 Å². The second kappa shape index (κ2) is 9.37. The summed E-state index contributed by atoms with van der Waals surface area (Å²) < 4.78 is 93.6. The molecule has 0 atom stereocenters. The monoisotopic (exact) mass is 560 g/mol. The molecule has 2 heterocycles. The van der Waals surface area contributed by atoms with Crippen molar-refractivity contribution in [3.05, 3.63) is 151 Å². The molecular formula is C40H25NO2. The highest BCUT2D eigenvalue weighted by Gasteiger charge is 2.20.